The smallest absolute Gasteiger partial charge is 0.224 e. The van der Waals surface area contributed by atoms with Crippen LogP contribution in [0.5, 0.6) is 0 Å². The highest BCUT2D eigenvalue weighted by molar-refractivity contribution is 5.84. The molecule has 4 nitrogen and oxygen atoms in total. The molecule has 2 unspecified atom stereocenters. The van der Waals surface area contributed by atoms with Crippen molar-refractivity contribution >= 4 is 16.8 Å². The fraction of sp³-hybridized carbons (Fsp3) is 0.571. The molecule has 2 heterocycles. The Kier molecular flexibility index (Phi) is 4.80. The summed E-state index contributed by atoms with van der Waals surface area (Å²) < 4.78 is 2.23. The molecule has 4 rings (SSSR count). The van der Waals surface area contributed by atoms with Crippen LogP contribution in [-0.4, -0.2) is 34.5 Å². The molecule has 0 spiro atoms. The molecule has 1 saturated heterocycles. The Labute approximate surface area is 150 Å². The van der Waals surface area contributed by atoms with Crippen molar-refractivity contribution in [2.24, 2.45) is 13.0 Å². The first-order valence-corrected chi connectivity index (χ1v) is 9.79. The summed E-state index contributed by atoms with van der Waals surface area (Å²) in [4.78, 5) is 15.2. The average Bonchev–Trinajstić information content (AvgIpc) is 3.22. The van der Waals surface area contributed by atoms with Gasteiger partial charge < -0.3 is 9.88 Å². The lowest BCUT2D eigenvalue weighted by molar-refractivity contribution is -0.126. The lowest BCUT2D eigenvalue weighted by atomic mass is 9.98. The number of nitrogens with zero attached hydrogens (tertiary/aromatic N) is 2. The third-order valence-electron chi connectivity index (χ3n) is 6.06. The van der Waals surface area contributed by atoms with Crippen LogP contribution in [0.4, 0.5) is 0 Å². The van der Waals surface area contributed by atoms with Gasteiger partial charge in [-0.1, -0.05) is 31.0 Å². The number of fused-ring (bicyclic) bond motifs is 2. The van der Waals surface area contributed by atoms with Crippen molar-refractivity contribution in [3.05, 3.63) is 36.0 Å². The second-order valence-electron chi connectivity index (χ2n) is 7.71. The molecule has 2 fully saturated rings. The number of carbonyl (C=O) groups is 1. The Morgan fingerprint density at radius 1 is 1.12 bits per heavy atom. The van der Waals surface area contributed by atoms with E-state index in [9.17, 15) is 4.79 Å². The molecule has 4 heteroatoms. The highest BCUT2D eigenvalue weighted by atomic mass is 16.1. The Morgan fingerprint density at radius 3 is 2.92 bits per heavy atom. The predicted molar refractivity (Wildman–Crippen MR) is 101 cm³/mol. The molecule has 134 valence electrons. The number of aromatic nitrogens is 1. The van der Waals surface area contributed by atoms with Crippen LogP contribution in [0, 0.1) is 5.92 Å². The molecule has 1 aromatic heterocycles. The zero-order valence-corrected chi connectivity index (χ0v) is 15.2. The van der Waals surface area contributed by atoms with Crippen molar-refractivity contribution < 1.29 is 4.79 Å². The van der Waals surface area contributed by atoms with Crippen LogP contribution in [0.2, 0.25) is 0 Å². The molecule has 25 heavy (non-hydrogen) atoms. The van der Waals surface area contributed by atoms with Crippen molar-refractivity contribution in [1.82, 2.24) is 14.8 Å². The van der Waals surface area contributed by atoms with Gasteiger partial charge in [-0.15, -0.1) is 0 Å². The van der Waals surface area contributed by atoms with Crippen molar-refractivity contribution in [1.29, 1.82) is 0 Å². The largest absolute Gasteiger partial charge is 0.356 e. The summed E-state index contributed by atoms with van der Waals surface area (Å²) in [5, 5.41) is 4.52. The van der Waals surface area contributed by atoms with E-state index in [0.717, 1.165) is 38.9 Å². The highest BCUT2D eigenvalue weighted by Gasteiger charge is 2.37. The average molecular weight is 339 g/mol. The van der Waals surface area contributed by atoms with Crippen molar-refractivity contribution in [3.8, 4) is 0 Å². The number of benzene rings is 1. The molecule has 2 atom stereocenters. The molecule has 0 radical (unpaired) electrons. The summed E-state index contributed by atoms with van der Waals surface area (Å²) in [6.07, 6.45) is 9.17. The lowest BCUT2D eigenvalue weighted by Crippen LogP contribution is -2.45. The van der Waals surface area contributed by atoms with E-state index in [2.05, 4.69) is 52.3 Å². The van der Waals surface area contributed by atoms with Gasteiger partial charge in [0, 0.05) is 43.3 Å². The molecule has 1 aromatic carbocycles. The number of nitrogens with one attached hydrogen (secondary N) is 1. The monoisotopic (exact) mass is 339 g/mol. The van der Waals surface area contributed by atoms with Crippen LogP contribution in [0.1, 0.15) is 44.1 Å². The summed E-state index contributed by atoms with van der Waals surface area (Å²) in [5.41, 5.74) is 2.68. The van der Waals surface area contributed by atoms with Gasteiger partial charge in [-0.25, -0.2) is 0 Å². The summed E-state index contributed by atoms with van der Waals surface area (Å²) >= 11 is 0. The van der Waals surface area contributed by atoms with Gasteiger partial charge in [-0.2, -0.15) is 0 Å². The van der Waals surface area contributed by atoms with E-state index in [-0.39, 0.29) is 11.8 Å². The third-order valence-corrected chi connectivity index (χ3v) is 6.06. The van der Waals surface area contributed by atoms with Crippen LogP contribution in [0.3, 0.4) is 0 Å². The Balaban J connectivity index is 1.62. The van der Waals surface area contributed by atoms with Crippen LogP contribution in [-0.2, 0) is 18.4 Å². The molecule has 1 N–H and O–H groups in total. The van der Waals surface area contributed by atoms with E-state index < -0.39 is 0 Å². The van der Waals surface area contributed by atoms with Gasteiger partial charge in [-0.3, -0.25) is 9.69 Å². The van der Waals surface area contributed by atoms with Gasteiger partial charge in [0.1, 0.15) is 0 Å². The van der Waals surface area contributed by atoms with Crippen LogP contribution < -0.4 is 5.32 Å². The summed E-state index contributed by atoms with van der Waals surface area (Å²) in [5.74, 6) is 0.459. The van der Waals surface area contributed by atoms with Crippen LogP contribution in [0.25, 0.3) is 10.9 Å². The standard InChI is InChI=1S/C21H29N3O/c1-23-14-16(17-8-3-4-10-19(17)23)15-24-13-6-2-5-12-22-21(25)18-9-7-11-20(18)24/h3-4,8,10,14,18,20H,2,5-7,9,11-13,15H2,1H3,(H,22,25). The van der Waals surface area contributed by atoms with Gasteiger partial charge in [0.2, 0.25) is 5.91 Å². The fourth-order valence-electron chi connectivity index (χ4n) is 4.78. The van der Waals surface area contributed by atoms with E-state index in [1.165, 1.54) is 35.7 Å². The molecule has 1 aliphatic heterocycles. The highest BCUT2D eigenvalue weighted by Crippen LogP contribution is 2.33. The van der Waals surface area contributed by atoms with Gasteiger partial charge in [-0.05, 0) is 43.9 Å². The number of rotatable bonds is 2. The van der Waals surface area contributed by atoms with Crippen LogP contribution >= 0.6 is 0 Å². The maximum absolute atomic E-state index is 12.6. The van der Waals surface area contributed by atoms with E-state index in [4.69, 9.17) is 0 Å². The third kappa shape index (κ3) is 3.32. The molecule has 1 aliphatic carbocycles. The normalized spacial score (nSPS) is 25.7. The number of hydrogen-bond donors (Lipinski definition) is 1. The second kappa shape index (κ2) is 7.20. The number of carbonyl (C=O) groups excluding carboxylic acids is 1. The second-order valence-corrected chi connectivity index (χ2v) is 7.71. The zero-order valence-electron chi connectivity index (χ0n) is 15.2. The van der Waals surface area contributed by atoms with Gasteiger partial charge >= 0.3 is 0 Å². The van der Waals surface area contributed by atoms with Crippen molar-refractivity contribution in [3.63, 3.8) is 0 Å². The van der Waals surface area contributed by atoms with E-state index in [1.54, 1.807) is 0 Å². The van der Waals surface area contributed by atoms with Crippen molar-refractivity contribution in [2.75, 3.05) is 13.1 Å². The molecular weight excluding hydrogens is 310 g/mol. The molecule has 0 bridgehead atoms. The minimum Gasteiger partial charge on any atom is -0.356 e. The number of amides is 1. The van der Waals surface area contributed by atoms with Gasteiger partial charge in [0.15, 0.2) is 0 Å². The fourth-order valence-corrected chi connectivity index (χ4v) is 4.78. The van der Waals surface area contributed by atoms with E-state index >= 15 is 0 Å². The number of hydrogen-bond acceptors (Lipinski definition) is 2. The first-order valence-electron chi connectivity index (χ1n) is 9.79. The summed E-state index contributed by atoms with van der Waals surface area (Å²) in [7, 11) is 2.13. The maximum Gasteiger partial charge on any atom is 0.224 e. The Morgan fingerprint density at radius 2 is 2.00 bits per heavy atom. The quantitative estimate of drug-likeness (QED) is 0.910. The Hall–Kier alpha value is -1.81. The minimum atomic E-state index is 0.174. The van der Waals surface area contributed by atoms with Crippen molar-refractivity contribution in [2.45, 2.75) is 51.1 Å². The van der Waals surface area contributed by atoms with Crippen LogP contribution in [0.15, 0.2) is 30.5 Å². The van der Waals surface area contributed by atoms with E-state index in [0.29, 0.717) is 6.04 Å². The SMILES string of the molecule is Cn1cc(CN2CCCCCNC(=O)C3CCCC32)c2ccccc21. The molecule has 2 aliphatic rings. The summed E-state index contributed by atoms with van der Waals surface area (Å²) in [6, 6.07) is 9.04. The number of aryl methyl sites for hydroxylation is 1. The first kappa shape index (κ1) is 16.6. The van der Waals surface area contributed by atoms with Gasteiger partial charge in [0.05, 0.1) is 5.92 Å². The topological polar surface area (TPSA) is 37.3 Å². The molecular formula is C21H29N3O. The molecule has 1 saturated carbocycles. The number of para-hydroxylation sites is 1. The predicted octanol–water partition coefficient (Wildman–Crippen LogP) is 3.45. The van der Waals surface area contributed by atoms with E-state index in [1.807, 2.05) is 0 Å². The minimum absolute atomic E-state index is 0.174. The van der Waals surface area contributed by atoms with Gasteiger partial charge in [0.25, 0.3) is 0 Å². The first-order chi connectivity index (χ1) is 12.2. The Bertz CT molecular complexity index is 751. The zero-order chi connectivity index (χ0) is 17.2. The molecule has 2 aromatic rings. The molecule has 1 amide bonds. The lowest BCUT2D eigenvalue weighted by Gasteiger charge is -2.33. The summed E-state index contributed by atoms with van der Waals surface area (Å²) in [6.45, 7) is 2.92. The maximum atomic E-state index is 12.6.